The fraction of sp³-hybridized carbons (Fsp3) is 0.300. The van der Waals surface area contributed by atoms with Crippen molar-refractivity contribution < 1.29 is 18.3 Å². The summed E-state index contributed by atoms with van der Waals surface area (Å²) < 4.78 is 24.3. The van der Waals surface area contributed by atoms with E-state index in [0.717, 1.165) is 5.56 Å². The topological polar surface area (TPSA) is 101 Å². The number of aliphatic carboxylic acids is 1. The molecule has 0 aliphatic heterocycles. The van der Waals surface area contributed by atoms with Gasteiger partial charge >= 0.3 is 5.97 Å². The van der Waals surface area contributed by atoms with Crippen LogP contribution in [0.1, 0.15) is 12.5 Å². The third-order valence-electron chi connectivity index (χ3n) is 2.30. The second-order valence-corrected chi connectivity index (χ2v) is 5.51. The summed E-state index contributed by atoms with van der Waals surface area (Å²) in [6, 6.07) is 4.79. The lowest BCUT2D eigenvalue weighted by molar-refractivity contribution is -0.140. The van der Waals surface area contributed by atoms with Crippen LogP contribution in [-0.2, 0) is 14.8 Å². The van der Waals surface area contributed by atoms with Crippen LogP contribution in [0.3, 0.4) is 0 Å². The number of rotatable bonds is 4. The van der Waals surface area contributed by atoms with Crippen molar-refractivity contribution in [2.75, 3.05) is 0 Å². The van der Waals surface area contributed by atoms with E-state index in [0.29, 0.717) is 4.41 Å². The van der Waals surface area contributed by atoms with Gasteiger partial charge in [-0.1, -0.05) is 12.1 Å². The Labute approximate surface area is 99.7 Å². The zero-order valence-electron chi connectivity index (χ0n) is 9.49. The molecule has 0 aromatic heterocycles. The van der Waals surface area contributed by atoms with Crippen molar-refractivity contribution in [2.24, 2.45) is 5.84 Å². The predicted molar refractivity (Wildman–Crippen MR) is 61.5 cm³/mol. The minimum absolute atomic E-state index is 0.0203. The highest BCUT2D eigenvalue weighted by molar-refractivity contribution is 7.89. The van der Waals surface area contributed by atoms with E-state index in [4.69, 9.17) is 10.9 Å². The number of carbonyl (C=O) groups is 1. The Morgan fingerprint density at radius 3 is 2.53 bits per heavy atom. The van der Waals surface area contributed by atoms with Gasteiger partial charge in [0.1, 0.15) is 6.04 Å². The lowest BCUT2D eigenvalue weighted by Crippen LogP contribution is -2.47. The molecule has 1 aromatic carbocycles. The molecule has 6 nitrogen and oxygen atoms in total. The smallest absolute Gasteiger partial charge is 0.323 e. The van der Waals surface area contributed by atoms with Gasteiger partial charge in [-0.05, 0) is 31.5 Å². The first-order chi connectivity index (χ1) is 7.76. The highest BCUT2D eigenvalue weighted by Crippen LogP contribution is 2.16. The van der Waals surface area contributed by atoms with Gasteiger partial charge in [-0.15, -0.1) is 4.41 Å². The van der Waals surface area contributed by atoms with Crippen LogP contribution in [0.5, 0.6) is 0 Å². The molecule has 0 amide bonds. The second-order valence-electron chi connectivity index (χ2n) is 3.67. The van der Waals surface area contributed by atoms with Gasteiger partial charge in [-0.2, -0.15) is 0 Å². The third-order valence-corrected chi connectivity index (χ3v) is 4.03. The number of sulfonamides is 1. The molecule has 1 rings (SSSR count). The molecule has 1 atom stereocenters. The summed E-state index contributed by atoms with van der Waals surface area (Å²) >= 11 is 0. The largest absolute Gasteiger partial charge is 0.480 e. The van der Waals surface area contributed by atoms with Crippen LogP contribution in [0.4, 0.5) is 0 Å². The summed E-state index contributed by atoms with van der Waals surface area (Å²) in [5, 5.41) is 8.73. The number of aryl methyl sites for hydroxylation is 1. The average Bonchev–Trinajstić information content (AvgIpc) is 2.26. The van der Waals surface area contributed by atoms with Crippen LogP contribution >= 0.6 is 0 Å². The SMILES string of the molecule is Cc1cccc(S(=O)(=O)N(N)[C@@H](C)C(=O)O)c1. The molecule has 0 aliphatic carbocycles. The van der Waals surface area contributed by atoms with E-state index in [1.165, 1.54) is 19.1 Å². The van der Waals surface area contributed by atoms with Gasteiger partial charge in [0, 0.05) is 0 Å². The Hall–Kier alpha value is -1.44. The van der Waals surface area contributed by atoms with Crippen molar-refractivity contribution in [2.45, 2.75) is 24.8 Å². The standard InChI is InChI=1S/C10H14N2O4S/c1-7-4-3-5-9(6-7)17(15,16)12(11)8(2)10(13)14/h3-6,8H,11H2,1-2H3,(H,13,14)/t8-/m0/s1. The summed E-state index contributed by atoms with van der Waals surface area (Å²) in [7, 11) is -3.98. The number of carboxylic acids is 1. The number of nitrogens with two attached hydrogens (primary N) is 1. The van der Waals surface area contributed by atoms with Crippen molar-refractivity contribution >= 4 is 16.0 Å². The maximum atomic E-state index is 12.0. The van der Waals surface area contributed by atoms with Crippen molar-refractivity contribution in [3.63, 3.8) is 0 Å². The van der Waals surface area contributed by atoms with Gasteiger partial charge in [0.25, 0.3) is 10.0 Å². The molecule has 0 aliphatic rings. The predicted octanol–water partition coefficient (Wildman–Crippen LogP) is 0.333. The Morgan fingerprint density at radius 2 is 2.06 bits per heavy atom. The minimum Gasteiger partial charge on any atom is -0.480 e. The molecule has 0 fully saturated rings. The Kier molecular flexibility index (Phi) is 3.87. The van der Waals surface area contributed by atoms with Crippen LogP contribution in [0.15, 0.2) is 29.2 Å². The number of nitrogens with zero attached hydrogens (tertiary/aromatic N) is 1. The van der Waals surface area contributed by atoms with E-state index >= 15 is 0 Å². The van der Waals surface area contributed by atoms with E-state index in [1.54, 1.807) is 19.1 Å². The van der Waals surface area contributed by atoms with Crippen molar-refractivity contribution in [3.8, 4) is 0 Å². The van der Waals surface area contributed by atoms with Gasteiger partial charge in [-0.3, -0.25) is 10.6 Å². The Balaban J connectivity index is 3.16. The van der Waals surface area contributed by atoms with Crippen LogP contribution in [0.25, 0.3) is 0 Å². The van der Waals surface area contributed by atoms with Gasteiger partial charge in [0.15, 0.2) is 0 Å². The van der Waals surface area contributed by atoms with Gasteiger partial charge < -0.3 is 5.11 Å². The highest BCUT2D eigenvalue weighted by Gasteiger charge is 2.30. The average molecular weight is 258 g/mol. The van der Waals surface area contributed by atoms with Crippen LogP contribution in [0, 0.1) is 6.92 Å². The van der Waals surface area contributed by atoms with E-state index in [1.807, 2.05) is 0 Å². The molecular formula is C10H14N2O4S. The van der Waals surface area contributed by atoms with Gasteiger partial charge in [-0.25, -0.2) is 8.42 Å². The number of carboxylic acid groups (broad SMARTS) is 1. The molecule has 0 spiro atoms. The molecule has 0 saturated heterocycles. The number of hydrogen-bond donors (Lipinski definition) is 2. The maximum Gasteiger partial charge on any atom is 0.323 e. The maximum absolute atomic E-state index is 12.0. The molecule has 0 bridgehead atoms. The Bertz CT molecular complexity index is 527. The fourth-order valence-electron chi connectivity index (χ4n) is 1.21. The first-order valence-electron chi connectivity index (χ1n) is 4.85. The molecule has 94 valence electrons. The first kappa shape index (κ1) is 13.6. The summed E-state index contributed by atoms with van der Waals surface area (Å²) in [4.78, 5) is 10.7. The number of benzene rings is 1. The number of hydrogen-bond acceptors (Lipinski definition) is 4. The monoisotopic (exact) mass is 258 g/mol. The normalized spacial score (nSPS) is 13.6. The van der Waals surface area contributed by atoms with Gasteiger partial charge in [0.05, 0.1) is 4.90 Å². The molecular weight excluding hydrogens is 244 g/mol. The molecule has 0 heterocycles. The van der Waals surface area contributed by atoms with Crippen molar-refractivity contribution in [3.05, 3.63) is 29.8 Å². The van der Waals surface area contributed by atoms with Gasteiger partial charge in [0.2, 0.25) is 0 Å². The van der Waals surface area contributed by atoms with Crippen LogP contribution in [0.2, 0.25) is 0 Å². The molecule has 0 radical (unpaired) electrons. The molecule has 0 unspecified atom stereocenters. The minimum atomic E-state index is -3.98. The van der Waals surface area contributed by atoms with E-state index in [-0.39, 0.29) is 4.90 Å². The van der Waals surface area contributed by atoms with Crippen LogP contribution in [-0.4, -0.2) is 29.9 Å². The zero-order chi connectivity index (χ0) is 13.2. The summed E-state index contributed by atoms with van der Waals surface area (Å²) in [6.07, 6.45) is 0. The lowest BCUT2D eigenvalue weighted by atomic mass is 10.2. The Morgan fingerprint density at radius 1 is 1.47 bits per heavy atom. The second kappa shape index (κ2) is 4.82. The zero-order valence-corrected chi connectivity index (χ0v) is 10.3. The summed E-state index contributed by atoms with van der Waals surface area (Å²) in [5.41, 5.74) is 0.752. The van der Waals surface area contributed by atoms with E-state index < -0.39 is 22.0 Å². The molecule has 0 saturated carbocycles. The molecule has 17 heavy (non-hydrogen) atoms. The molecule has 3 N–H and O–H groups in total. The lowest BCUT2D eigenvalue weighted by Gasteiger charge is -2.20. The van der Waals surface area contributed by atoms with E-state index in [2.05, 4.69) is 0 Å². The summed E-state index contributed by atoms with van der Waals surface area (Å²) in [6.45, 7) is 2.94. The quantitative estimate of drug-likeness (QED) is 0.599. The molecule has 7 heteroatoms. The third kappa shape index (κ3) is 2.82. The van der Waals surface area contributed by atoms with E-state index in [9.17, 15) is 13.2 Å². The fourth-order valence-corrected chi connectivity index (χ4v) is 2.55. The summed E-state index contributed by atoms with van der Waals surface area (Å²) in [5.74, 6) is 4.04. The number of hydrazine groups is 1. The van der Waals surface area contributed by atoms with Crippen LogP contribution < -0.4 is 5.84 Å². The first-order valence-corrected chi connectivity index (χ1v) is 6.29. The van der Waals surface area contributed by atoms with Crippen molar-refractivity contribution in [1.82, 2.24) is 4.41 Å². The molecule has 1 aromatic rings. The van der Waals surface area contributed by atoms with Crippen molar-refractivity contribution in [1.29, 1.82) is 0 Å². The highest BCUT2D eigenvalue weighted by atomic mass is 32.2.